The zero-order valence-corrected chi connectivity index (χ0v) is 30.8. The Bertz CT molecular complexity index is 1930. The van der Waals surface area contributed by atoms with E-state index in [4.69, 9.17) is 19.6 Å². The van der Waals surface area contributed by atoms with Gasteiger partial charge in [-0.05, 0) is 117 Å². The Labute approximate surface area is 290 Å². The molecule has 0 saturated heterocycles. The van der Waals surface area contributed by atoms with Crippen LogP contribution in [0.4, 0.5) is 0 Å². The molecule has 1 heterocycles. The van der Waals surface area contributed by atoms with Gasteiger partial charge in [0.2, 0.25) is 0 Å². The van der Waals surface area contributed by atoms with Gasteiger partial charge in [0.15, 0.2) is 5.82 Å². The summed E-state index contributed by atoms with van der Waals surface area (Å²) in [5.41, 5.74) is 4.94. The predicted octanol–water partition coefficient (Wildman–Crippen LogP) is 10.4. The van der Waals surface area contributed by atoms with Crippen LogP contribution in [-0.4, -0.2) is 22.5 Å². The fourth-order valence-electron chi connectivity index (χ4n) is 4.78. The molecule has 5 aromatic rings. The second-order valence-electron chi connectivity index (χ2n) is 10.4. The number of nitrogens with zero attached hydrogens (tertiary/aromatic N) is 3. The summed E-state index contributed by atoms with van der Waals surface area (Å²) in [5, 5.41) is 5.19. The molecule has 5 rings (SSSR count). The average Bonchev–Trinajstić information content (AvgIpc) is 2.97. The molecule has 0 unspecified atom stereocenters. The molecule has 226 valence electrons. The molecular formula is C34H29Br4N3O3. The molecule has 0 bridgehead atoms. The minimum atomic E-state index is -0.251. The van der Waals surface area contributed by atoms with Crippen LogP contribution in [0.25, 0.3) is 22.3 Å². The minimum absolute atomic E-state index is 0.209. The standard InChI is InChI=1S/C34H29Br4N3O3/c1-5-43-31-12-20(4)26(16-25(31)19(2)3)33-40-30-9-7-6-8-24(30)34(42)41(33)39-17-21-13-28(37)32(29(38)14-21)44-18-22-10-11-23(35)15-27(22)36/h6-17,19H,5,18H2,1-4H3. The molecule has 1 aromatic heterocycles. The van der Waals surface area contributed by atoms with E-state index in [9.17, 15) is 4.79 Å². The Hall–Kier alpha value is -2.79. The van der Waals surface area contributed by atoms with Crippen molar-refractivity contribution >= 4 is 80.8 Å². The molecule has 0 saturated carbocycles. The van der Waals surface area contributed by atoms with Crippen molar-refractivity contribution in [2.75, 3.05) is 6.61 Å². The largest absolute Gasteiger partial charge is 0.494 e. The molecule has 6 nitrogen and oxygen atoms in total. The van der Waals surface area contributed by atoms with Crippen molar-refractivity contribution < 1.29 is 9.47 Å². The highest BCUT2D eigenvalue weighted by Gasteiger charge is 2.19. The summed E-state index contributed by atoms with van der Waals surface area (Å²) >= 11 is 14.4. The van der Waals surface area contributed by atoms with Crippen LogP contribution in [-0.2, 0) is 6.61 Å². The Morgan fingerprint density at radius 1 is 0.932 bits per heavy atom. The molecule has 0 fully saturated rings. The lowest BCUT2D eigenvalue weighted by atomic mass is 9.96. The van der Waals surface area contributed by atoms with Crippen LogP contribution in [0.2, 0.25) is 0 Å². The first kappa shape index (κ1) is 32.6. The lowest BCUT2D eigenvalue weighted by Gasteiger charge is -2.18. The number of fused-ring (bicyclic) bond motifs is 1. The number of halogens is 4. The van der Waals surface area contributed by atoms with E-state index in [1.165, 1.54) is 4.68 Å². The van der Waals surface area contributed by atoms with Crippen LogP contribution < -0.4 is 15.0 Å². The van der Waals surface area contributed by atoms with Crippen molar-refractivity contribution in [1.82, 2.24) is 9.66 Å². The number of hydrogen-bond acceptors (Lipinski definition) is 5. The molecule has 0 aliphatic heterocycles. The summed E-state index contributed by atoms with van der Waals surface area (Å²) in [6.45, 7) is 9.16. The number of aryl methyl sites for hydroxylation is 1. The molecule has 4 aromatic carbocycles. The van der Waals surface area contributed by atoms with Gasteiger partial charge in [0.05, 0.1) is 32.7 Å². The summed E-state index contributed by atoms with van der Waals surface area (Å²) in [7, 11) is 0. The molecule has 44 heavy (non-hydrogen) atoms. The van der Waals surface area contributed by atoms with E-state index in [0.717, 1.165) is 51.5 Å². The van der Waals surface area contributed by atoms with Crippen LogP contribution >= 0.6 is 63.7 Å². The van der Waals surface area contributed by atoms with Gasteiger partial charge in [-0.15, -0.1) is 0 Å². The zero-order valence-electron chi connectivity index (χ0n) is 24.5. The average molecular weight is 847 g/mol. The topological polar surface area (TPSA) is 65.7 Å². The van der Waals surface area contributed by atoms with Crippen molar-refractivity contribution in [3.05, 3.63) is 117 Å². The van der Waals surface area contributed by atoms with Gasteiger partial charge in [-0.25, -0.2) is 4.98 Å². The third kappa shape index (κ3) is 7.03. The number of benzene rings is 4. The molecule has 0 aliphatic rings. The van der Waals surface area contributed by atoms with Crippen molar-refractivity contribution in [3.63, 3.8) is 0 Å². The van der Waals surface area contributed by atoms with Gasteiger partial charge in [0.25, 0.3) is 5.56 Å². The summed E-state index contributed by atoms with van der Waals surface area (Å²) < 4.78 is 16.9. The first-order valence-electron chi connectivity index (χ1n) is 14.0. The van der Waals surface area contributed by atoms with Crippen molar-refractivity contribution in [2.45, 2.75) is 40.2 Å². The first-order chi connectivity index (χ1) is 21.1. The van der Waals surface area contributed by atoms with Crippen molar-refractivity contribution in [3.8, 4) is 22.9 Å². The van der Waals surface area contributed by atoms with E-state index in [2.05, 4.69) is 83.6 Å². The summed E-state index contributed by atoms with van der Waals surface area (Å²) in [4.78, 5) is 18.8. The molecule has 0 radical (unpaired) electrons. The van der Waals surface area contributed by atoms with Gasteiger partial charge < -0.3 is 9.47 Å². The number of ether oxygens (including phenoxy) is 2. The fourth-order valence-corrected chi connectivity index (χ4v) is 7.39. The van der Waals surface area contributed by atoms with Gasteiger partial charge in [-0.2, -0.15) is 9.78 Å². The smallest absolute Gasteiger partial charge is 0.282 e. The number of aromatic nitrogens is 2. The zero-order chi connectivity index (χ0) is 31.5. The Morgan fingerprint density at radius 3 is 2.34 bits per heavy atom. The Kier molecular flexibility index (Phi) is 10.4. The van der Waals surface area contributed by atoms with Gasteiger partial charge in [0.1, 0.15) is 18.1 Å². The van der Waals surface area contributed by atoms with Crippen molar-refractivity contribution in [2.24, 2.45) is 5.10 Å². The second kappa shape index (κ2) is 14.1. The molecule has 0 atom stereocenters. The monoisotopic (exact) mass is 843 g/mol. The van der Waals surface area contributed by atoms with Crippen LogP contribution in [0.5, 0.6) is 11.5 Å². The normalized spacial score (nSPS) is 11.6. The SMILES string of the molecule is CCOc1cc(C)c(-c2nc3ccccc3c(=O)n2N=Cc2cc(Br)c(OCc3ccc(Br)cc3Br)c(Br)c2)cc1C(C)C. The molecule has 0 N–H and O–H groups in total. The number of para-hydroxylation sites is 1. The van der Waals surface area contributed by atoms with E-state index in [0.29, 0.717) is 35.7 Å². The number of hydrogen-bond donors (Lipinski definition) is 0. The highest BCUT2D eigenvalue weighted by atomic mass is 79.9. The molecule has 10 heteroatoms. The maximum Gasteiger partial charge on any atom is 0.282 e. The van der Waals surface area contributed by atoms with E-state index in [1.54, 1.807) is 12.3 Å². The molecule has 0 aliphatic carbocycles. The Morgan fingerprint density at radius 2 is 1.66 bits per heavy atom. The first-order valence-corrected chi connectivity index (χ1v) is 17.1. The lowest BCUT2D eigenvalue weighted by molar-refractivity contribution is 0.301. The van der Waals surface area contributed by atoms with E-state index in [1.807, 2.05) is 68.4 Å². The summed E-state index contributed by atoms with van der Waals surface area (Å²) in [5.74, 6) is 2.17. The van der Waals surface area contributed by atoms with Gasteiger partial charge in [-0.3, -0.25) is 4.79 Å². The van der Waals surface area contributed by atoms with Crippen LogP contribution in [0.15, 0.2) is 94.5 Å². The van der Waals surface area contributed by atoms with Gasteiger partial charge in [-0.1, -0.05) is 63.9 Å². The maximum absolute atomic E-state index is 13.8. The summed E-state index contributed by atoms with van der Waals surface area (Å²) in [6.07, 6.45) is 1.65. The molecule has 0 spiro atoms. The highest BCUT2D eigenvalue weighted by Crippen LogP contribution is 2.37. The molecular weight excluding hydrogens is 818 g/mol. The van der Waals surface area contributed by atoms with E-state index < -0.39 is 0 Å². The summed E-state index contributed by atoms with van der Waals surface area (Å²) in [6, 6.07) is 21.2. The predicted molar refractivity (Wildman–Crippen MR) is 192 cm³/mol. The van der Waals surface area contributed by atoms with Gasteiger partial charge >= 0.3 is 0 Å². The van der Waals surface area contributed by atoms with Crippen LogP contribution in [0, 0.1) is 6.92 Å². The van der Waals surface area contributed by atoms with Crippen LogP contribution in [0.1, 0.15) is 48.9 Å². The number of rotatable bonds is 9. The fraction of sp³-hybridized carbons (Fsp3) is 0.206. The third-order valence-corrected chi connectivity index (χ3v) is 9.41. The van der Waals surface area contributed by atoms with Crippen LogP contribution in [0.3, 0.4) is 0 Å². The lowest BCUT2D eigenvalue weighted by Crippen LogP contribution is -2.21. The minimum Gasteiger partial charge on any atom is -0.494 e. The highest BCUT2D eigenvalue weighted by molar-refractivity contribution is 9.11. The van der Waals surface area contributed by atoms with E-state index in [-0.39, 0.29) is 11.5 Å². The second-order valence-corrected chi connectivity index (χ2v) is 13.9. The van der Waals surface area contributed by atoms with E-state index >= 15 is 0 Å². The maximum atomic E-state index is 13.8. The quantitative estimate of drug-likeness (QED) is 0.139. The Balaban J connectivity index is 1.56. The van der Waals surface area contributed by atoms with Gasteiger partial charge in [0, 0.05) is 20.1 Å². The third-order valence-electron chi connectivity index (χ3n) is 7.00. The van der Waals surface area contributed by atoms with Crippen molar-refractivity contribution in [1.29, 1.82) is 0 Å². The molecule has 0 amide bonds.